The summed E-state index contributed by atoms with van der Waals surface area (Å²) in [5.74, 6) is -2.71. The Kier molecular flexibility index (Phi) is 5.00. The smallest absolute Gasteiger partial charge is 0.254 e. The third-order valence-corrected chi connectivity index (χ3v) is 2.67. The van der Waals surface area contributed by atoms with E-state index in [1.807, 2.05) is 32.8 Å². The number of nitrogens with zero attached hydrogens (tertiary/aromatic N) is 1. The fourth-order valence-corrected chi connectivity index (χ4v) is 2.01. The van der Waals surface area contributed by atoms with E-state index < -0.39 is 17.5 Å². The summed E-state index contributed by atoms with van der Waals surface area (Å²) in [5, 5.41) is 2.64. The lowest BCUT2D eigenvalue weighted by molar-refractivity contribution is 0.0924. The van der Waals surface area contributed by atoms with Gasteiger partial charge in [0.2, 0.25) is 0 Å². The minimum absolute atomic E-state index is 0.150. The van der Waals surface area contributed by atoms with Crippen molar-refractivity contribution in [1.82, 2.24) is 10.2 Å². The van der Waals surface area contributed by atoms with E-state index in [0.717, 1.165) is 12.6 Å². The molecule has 1 rings (SSSR count). The normalized spacial score (nSPS) is 11.7. The largest absolute Gasteiger partial charge is 0.351 e. The molecule has 1 N–H and O–H groups in total. The Bertz CT molecular complexity index is 459. The standard InChI is InChI=1S/C14H20F2N2O/c1-14(2,9-18(3)4)8-17-13(19)10-6-5-7-11(15)12(10)16/h5-7H,8-9H2,1-4H3,(H,17,19). The molecule has 0 radical (unpaired) electrons. The molecule has 0 bridgehead atoms. The highest BCUT2D eigenvalue weighted by molar-refractivity contribution is 5.94. The summed E-state index contributed by atoms with van der Waals surface area (Å²) in [7, 11) is 3.88. The van der Waals surface area contributed by atoms with Crippen molar-refractivity contribution < 1.29 is 13.6 Å². The highest BCUT2D eigenvalue weighted by atomic mass is 19.2. The summed E-state index contributed by atoms with van der Waals surface area (Å²) in [4.78, 5) is 13.8. The van der Waals surface area contributed by atoms with Gasteiger partial charge in [0.1, 0.15) is 0 Å². The Morgan fingerprint density at radius 1 is 1.32 bits per heavy atom. The lowest BCUT2D eigenvalue weighted by Gasteiger charge is -2.28. The SMILES string of the molecule is CN(C)CC(C)(C)CNC(=O)c1cccc(F)c1F. The van der Waals surface area contributed by atoms with E-state index in [1.54, 1.807) is 0 Å². The first-order chi connectivity index (χ1) is 8.73. The monoisotopic (exact) mass is 270 g/mol. The van der Waals surface area contributed by atoms with Gasteiger partial charge in [0.15, 0.2) is 11.6 Å². The molecule has 0 atom stereocenters. The van der Waals surface area contributed by atoms with Crippen LogP contribution < -0.4 is 5.32 Å². The molecule has 1 aromatic rings. The second-order valence-corrected chi connectivity index (χ2v) is 5.69. The zero-order chi connectivity index (χ0) is 14.6. The number of benzene rings is 1. The van der Waals surface area contributed by atoms with Gasteiger partial charge in [-0.3, -0.25) is 4.79 Å². The molecule has 0 aliphatic heterocycles. The van der Waals surface area contributed by atoms with E-state index >= 15 is 0 Å². The van der Waals surface area contributed by atoms with Gasteiger partial charge in [-0.05, 0) is 31.6 Å². The number of nitrogens with one attached hydrogen (secondary N) is 1. The van der Waals surface area contributed by atoms with Gasteiger partial charge in [-0.15, -0.1) is 0 Å². The highest BCUT2D eigenvalue weighted by Gasteiger charge is 2.21. The van der Waals surface area contributed by atoms with Crippen molar-refractivity contribution >= 4 is 5.91 Å². The van der Waals surface area contributed by atoms with E-state index in [-0.39, 0.29) is 11.0 Å². The molecule has 3 nitrogen and oxygen atoms in total. The van der Waals surface area contributed by atoms with Crippen LogP contribution in [-0.4, -0.2) is 38.0 Å². The lowest BCUT2D eigenvalue weighted by Crippen LogP contribution is -2.40. The van der Waals surface area contributed by atoms with Crippen LogP contribution in [0.2, 0.25) is 0 Å². The summed E-state index contributed by atoms with van der Waals surface area (Å²) in [6, 6.07) is 3.58. The average molecular weight is 270 g/mol. The Balaban J connectivity index is 2.68. The van der Waals surface area contributed by atoms with Crippen molar-refractivity contribution in [3.8, 4) is 0 Å². The molecule has 0 saturated carbocycles. The minimum atomic E-state index is -1.11. The number of hydrogen-bond donors (Lipinski definition) is 1. The van der Waals surface area contributed by atoms with Gasteiger partial charge in [-0.25, -0.2) is 8.78 Å². The zero-order valence-electron chi connectivity index (χ0n) is 11.8. The van der Waals surface area contributed by atoms with Crippen LogP contribution in [0.3, 0.4) is 0 Å². The Morgan fingerprint density at radius 2 is 1.95 bits per heavy atom. The minimum Gasteiger partial charge on any atom is -0.351 e. The van der Waals surface area contributed by atoms with Gasteiger partial charge in [0.05, 0.1) is 5.56 Å². The maximum atomic E-state index is 13.4. The topological polar surface area (TPSA) is 32.3 Å². The van der Waals surface area contributed by atoms with Gasteiger partial charge < -0.3 is 10.2 Å². The Morgan fingerprint density at radius 3 is 2.53 bits per heavy atom. The predicted octanol–water partition coefficient (Wildman–Crippen LogP) is 2.28. The first-order valence-electron chi connectivity index (χ1n) is 6.10. The second kappa shape index (κ2) is 6.10. The number of carbonyl (C=O) groups excluding carboxylic acids is 1. The zero-order valence-corrected chi connectivity index (χ0v) is 11.8. The summed E-state index contributed by atoms with van der Waals surface area (Å²) in [5.41, 5.74) is -0.413. The summed E-state index contributed by atoms with van der Waals surface area (Å²) in [6.07, 6.45) is 0. The first-order valence-corrected chi connectivity index (χ1v) is 6.10. The van der Waals surface area contributed by atoms with Crippen LogP contribution in [0.1, 0.15) is 24.2 Å². The molecule has 0 heterocycles. The summed E-state index contributed by atoms with van der Waals surface area (Å²) >= 11 is 0. The Hall–Kier alpha value is -1.49. The van der Waals surface area contributed by atoms with Crippen LogP contribution in [0.25, 0.3) is 0 Å². The number of amides is 1. The van der Waals surface area contributed by atoms with Gasteiger partial charge >= 0.3 is 0 Å². The molecule has 0 fully saturated rings. The second-order valence-electron chi connectivity index (χ2n) is 5.69. The maximum Gasteiger partial charge on any atom is 0.254 e. The van der Waals surface area contributed by atoms with Crippen LogP contribution in [0.5, 0.6) is 0 Å². The van der Waals surface area contributed by atoms with Crippen LogP contribution in [0.15, 0.2) is 18.2 Å². The third-order valence-electron chi connectivity index (χ3n) is 2.67. The fourth-order valence-electron chi connectivity index (χ4n) is 2.01. The molecule has 0 unspecified atom stereocenters. The number of rotatable bonds is 5. The van der Waals surface area contributed by atoms with Crippen molar-refractivity contribution in [2.24, 2.45) is 5.41 Å². The fraction of sp³-hybridized carbons (Fsp3) is 0.500. The average Bonchev–Trinajstić information content (AvgIpc) is 2.28. The van der Waals surface area contributed by atoms with Crippen molar-refractivity contribution in [1.29, 1.82) is 0 Å². The van der Waals surface area contributed by atoms with Crippen molar-refractivity contribution in [2.75, 3.05) is 27.2 Å². The molecule has 1 aromatic carbocycles. The highest BCUT2D eigenvalue weighted by Crippen LogP contribution is 2.15. The number of carbonyl (C=O) groups is 1. The molecule has 106 valence electrons. The molecule has 0 spiro atoms. The molecule has 0 saturated heterocycles. The number of halogens is 2. The maximum absolute atomic E-state index is 13.4. The van der Waals surface area contributed by atoms with E-state index in [2.05, 4.69) is 5.32 Å². The van der Waals surface area contributed by atoms with E-state index in [9.17, 15) is 13.6 Å². The van der Waals surface area contributed by atoms with E-state index in [4.69, 9.17) is 0 Å². The third kappa shape index (κ3) is 4.59. The van der Waals surface area contributed by atoms with E-state index in [0.29, 0.717) is 6.54 Å². The molecular weight excluding hydrogens is 250 g/mol. The molecular formula is C14H20F2N2O. The molecule has 0 aliphatic rings. The first kappa shape index (κ1) is 15.6. The molecule has 1 amide bonds. The molecule has 0 aromatic heterocycles. The van der Waals surface area contributed by atoms with Crippen molar-refractivity contribution in [2.45, 2.75) is 13.8 Å². The summed E-state index contributed by atoms with van der Waals surface area (Å²) in [6.45, 7) is 5.16. The summed E-state index contributed by atoms with van der Waals surface area (Å²) < 4.78 is 26.5. The van der Waals surface area contributed by atoms with Crippen LogP contribution in [0, 0.1) is 17.0 Å². The van der Waals surface area contributed by atoms with E-state index in [1.165, 1.54) is 12.1 Å². The molecule has 0 aliphatic carbocycles. The molecule has 19 heavy (non-hydrogen) atoms. The Labute approximate surface area is 112 Å². The van der Waals surface area contributed by atoms with Crippen LogP contribution >= 0.6 is 0 Å². The van der Waals surface area contributed by atoms with Crippen molar-refractivity contribution in [3.63, 3.8) is 0 Å². The predicted molar refractivity (Wildman–Crippen MR) is 71.0 cm³/mol. The van der Waals surface area contributed by atoms with Crippen LogP contribution in [0.4, 0.5) is 8.78 Å². The quantitative estimate of drug-likeness (QED) is 0.890. The van der Waals surface area contributed by atoms with Crippen molar-refractivity contribution in [3.05, 3.63) is 35.4 Å². The molecule has 5 heteroatoms. The lowest BCUT2D eigenvalue weighted by atomic mass is 9.93. The van der Waals surface area contributed by atoms with Gasteiger partial charge in [-0.1, -0.05) is 19.9 Å². The van der Waals surface area contributed by atoms with Crippen LogP contribution in [-0.2, 0) is 0 Å². The number of hydrogen-bond acceptors (Lipinski definition) is 2. The van der Waals surface area contributed by atoms with Gasteiger partial charge in [0.25, 0.3) is 5.91 Å². The van der Waals surface area contributed by atoms with Gasteiger partial charge in [0, 0.05) is 13.1 Å². The van der Waals surface area contributed by atoms with Gasteiger partial charge in [-0.2, -0.15) is 0 Å².